The van der Waals surface area contributed by atoms with Gasteiger partial charge in [-0.3, -0.25) is 14.6 Å². The molecule has 1 fully saturated rings. The van der Waals surface area contributed by atoms with Crippen LogP contribution in [-0.2, 0) is 11.0 Å². The van der Waals surface area contributed by atoms with Crippen LogP contribution in [0.25, 0.3) is 11.4 Å². The summed E-state index contributed by atoms with van der Waals surface area (Å²) in [7, 11) is 0. The molecule has 1 saturated heterocycles. The largest absolute Gasteiger partial charge is 0.416 e. The number of nitrogens with zero attached hydrogens (tertiary/aromatic N) is 5. The molecule has 3 heterocycles. The van der Waals surface area contributed by atoms with Gasteiger partial charge in [-0.15, -0.1) is 11.3 Å². The second-order valence-corrected chi connectivity index (χ2v) is 8.68. The van der Waals surface area contributed by atoms with Gasteiger partial charge in [0.25, 0.3) is 0 Å². The molecule has 0 radical (unpaired) electrons. The molecule has 2 unspecified atom stereocenters. The van der Waals surface area contributed by atoms with E-state index < -0.39 is 11.7 Å². The number of thiazole rings is 1. The summed E-state index contributed by atoms with van der Waals surface area (Å²) in [5.74, 6) is 0.355. The maximum absolute atomic E-state index is 13.0. The van der Waals surface area contributed by atoms with E-state index in [1.54, 1.807) is 11.6 Å². The highest BCUT2D eigenvalue weighted by Crippen LogP contribution is 2.32. The Balaban J connectivity index is 1.35. The van der Waals surface area contributed by atoms with E-state index in [1.165, 1.54) is 23.5 Å². The van der Waals surface area contributed by atoms with Gasteiger partial charge in [-0.2, -0.15) is 18.2 Å². The number of nitrogens with one attached hydrogen (secondary N) is 1. The van der Waals surface area contributed by atoms with Crippen molar-refractivity contribution >= 4 is 22.4 Å². The third-order valence-electron chi connectivity index (χ3n) is 5.73. The quantitative estimate of drug-likeness (QED) is 0.572. The topological polar surface area (TPSA) is 87.4 Å². The summed E-state index contributed by atoms with van der Waals surface area (Å²) in [6.45, 7) is 6.48. The molecular weight excluding hydrogens is 457 g/mol. The zero-order valence-electron chi connectivity index (χ0n) is 18.0. The Hall–Kier alpha value is -2.83. The van der Waals surface area contributed by atoms with Crippen molar-refractivity contribution in [3.63, 3.8) is 0 Å². The highest BCUT2D eigenvalue weighted by Gasteiger charge is 2.32. The molecule has 0 saturated carbocycles. The van der Waals surface area contributed by atoms with Gasteiger partial charge in [0.15, 0.2) is 5.13 Å². The monoisotopic (exact) mass is 480 g/mol. The van der Waals surface area contributed by atoms with E-state index in [4.69, 9.17) is 4.52 Å². The van der Waals surface area contributed by atoms with Crippen LogP contribution < -0.4 is 5.32 Å². The fourth-order valence-electron chi connectivity index (χ4n) is 3.69. The van der Waals surface area contributed by atoms with Crippen molar-refractivity contribution in [2.45, 2.75) is 32.1 Å². The van der Waals surface area contributed by atoms with Crippen LogP contribution in [0.4, 0.5) is 18.3 Å². The smallest absolute Gasteiger partial charge is 0.337 e. The zero-order valence-corrected chi connectivity index (χ0v) is 18.9. The minimum atomic E-state index is -4.44. The van der Waals surface area contributed by atoms with E-state index in [0.29, 0.717) is 37.2 Å². The van der Waals surface area contributed by atoms with Gasteiger partial charge in [0.1, 0.15) is 0 Å². The van der Waals surface area contributed by atoms with Gasteiger partial charge in [-0.1, -0.05) is 17.3 Å². The minimum Gasteiger partial charge on any atom is -0.337 e. The molecule has 2 atom stereocenters. The van der Waals surface area contributed by atoms with Gasteiger partial charge in [0.05, 0.1) is 17.6 Å². The summed E-state index contributed by atoms with van der Waals surface area (Å²) in [6, 6.07) is 4.34. The Bertz CT molecular complexity index is 1080. The van der Waals surface area contributed by atoms with Crippen molar-refractivity contribution in [3.8, 4) is 11.4 Å². The number of hydrogen-bond donors (Lipinski definition) is 1. The Morgan fingerprint density at radius 3 is 2.58 bits per heavy atom. The number of amides is 1. The fourth-order valence-corrected chi connectivity index (χ4v) is 4.22. The molecule has 3 aromatic rings. The molecule has 2 aromatic heterocycles. The summed E-state index contributed by atoms with van der Waals surface area (Å²) in [4.78, 5) is 25.1. The molecule has 4 rings (SSSR count). The number of hydrogen-bond acceptors (Lipinski definition) is 8. The Kier molecular flexibility index (Phi) is 6.77. The third-order valence-corrected chi connectivity index (χ3v) is 6.42. The summed E-state index contributed by atoms with van der Waals surface area (Å²) in [5.41, 5.74) is -0.513. The van der Waals surface area contributed by atoms with Crippen LogP contribution in [0.1, 0.15) is 31.3 Å². The summed E-state index contributed by atoms with van der Waals surface area (Å²) >= 11 is 1.37. The molecule has 1 N–H and O–H groups in total. The van der Waals surface area contributed by atoms with Gasteiger partial charge in [-0.25, -0.2) is 4.98 Å². The molecule has 1 aliphatic heterocycles. The van der Waals surface area contributed by atoms with Gasteiger partial charge in [0.2, 0.25) is 17.6 Å². The van der Waals surface area contributed by atoms with E-state index in [9.17, 15) is 18.0 Å². The summed E-state index contributed by atoms with van der Waals surface area (Å²) < 4.78 is 44.3. The molecule has 12 heteroatoms. The van der Waals surface area contributed by atoms with Crippen molar-refractivity contribution in [1.82, 2.24) is 24.9 Å². The fraction of sp³-hybridized carbons (Fsp3) is 0.429. The first-order valence-electron chi connectivity index (χ1n) is 10.4. The maximum atomic E-state index is 13.0. The normalized spacial score (nSPS) is 17.6. The highest BCUT2D eigenvalue weighted by molar-refractivity contribution is 7.13. The van der Waals surface area contributed by atoms with Crippen LogP contribution in [0.5, 0.6) is 0 Å². The molecule has 1 aromatic carbocycles. The van der Waals surface area contributed by atoms with Crippen LogP contribution in [-0.4, -0.2) is 63.1 Å². The van der Waals surface area contributed by atoms with Crippen molar-refractivity contribution in [2.24, 2.45) is 0 Å². The number of rotatable bonds is 6. The van der Waals surface area contributed by atoms with Gasteiger partial charge >= 0.3 is 6.18 Å². The number of benzene rings is 1. The van der Waals surface area contributed by atoms with Crippen molar-refractivity contribution < 1.29 is 22.5 Å². The number of alkyl halides is 3. The number of halogens is 3. The van der Waals surface area contributed by atoms with E-state index in [1.807, 2.05) is 13.8 Å². The minimum absolute atomic E-state index is 0.103. The van der Waals surface area contributed by atoms with Gasteiger partial charge in [0, 0.05) is 43.3 Å². The van der Waals surface area contributed by atoms with E-state index >= 15 is 0 Å². The van der Waals surface area contributed by atoms with Crippen molar-refractivity contribution in [2.75, 3.05) is 31.5 Å². The number of carbonyl (C=O) groups is 1. The van der Waals surface area contributed by atoms with Crippen molar-refractivity contribution in [3.05, 3.63) is 47.3 Å². The lowest BCUT2D eigenvalue weighted by molar-refractivity contribution is -0.137. The van der Waals surface area contributed by atoms with Crippen LogP contribution in [0.3, 0.4) is 0 Å². The van der Waals surface area contributed by atoms with Crippen LogP contribution >= 0.6 is 11.3 Å². The molecule has 176 valence electrons. The lowest BCUT2D eigenvalue weighted by Crippen LogP contribution is -2.53. The van der Waals surface area contributed by atoms with Crippen LogP contribution in [0, 0.1) is 0 Å². The van der Waals surface area contributed by atoms with Gasteiger partial charge < -0.3 is 9.84 Å². The average molecular weight is 481 g/mol. The standard InChI is InChI=1S/C21H23F3N6O2S/c1-13(18(31)27-20-25-6-11-33-20)29-7-9-30(10-8-29)14(2)19-26-17(28-32-19)15-4-3-5-16(12-15)21(22,23)24/h3-6,11-14H,7-10H2,1-2H3,(H,25,27,31). The van der Waals surface area contributed by atoms with E-state index in [-0.39, 0.29) is 29.4 Å². The lowest BCUT2D eigenvalue weighted by Gasteiger charge is -2.38. The number of piperazine rings is 1. The number of anilines is 1. The maximum Gasteiger partial charge on any atom is 0.416 e. The lowest BCUT2D eigenvalue weighted by atomic mass is 10.1. The molecular formula is C21H23F3N6O2S. The molecule has 0 spiro atoms. The molecule has 1 amide bonds. The Morgan fingerprint density at radius 1 is 1.18 bits per heavy atom. The number of carbonyl (C=O) groups excluding carboxylic acids is 1. The van der Waals surface area contributed by atoms with E-state index in [2.05, 4.69) is 30.2 Å². The van der Waals surface area contributed by atoms with Gasteiger partial charge in [-0.05, 0) is 26.0 Å². The molecule has 33 heavy (non-hydrogen) atoms. The highest BCUT2D eigenvalue weighted by atomic mass is 32.1. The molecule has 8 nitrogen and oxygen atoms in total. The first-order valence-corrected chi connectivity index (χ1v) is 11.3. The first-order chi connectivity index (χ1) is 15.7. The van der Waals surface area contributed by atoms with Crippen molar-refractivity contribution in [1.29, 1.82) is 0 Å². The third kappa shape index (κ3) is 5.40. The van der Waals surface area contributed by atoms with Crippen LogP contribution in [0.2, 0.25) is 0 Å². The van der Waals surface area contributed by atoms with Crippen LogP contribution in [0.15, 0.2) is 40.4 Å². The Labute approximate surface area is 192 Å². The molecule has 0 bridgehead atoms. The average Bonchev–Trinajstić information content (AvgIpc) is 3.50. The SMILES string of the molecule is CC(C(=O)Nc1nccs1)N1CCN(C(C)c2nc(-c3cccc(C(F)(F)F)c3)no2)CC1. The predicted molar refractivity (Wildman–Crippen MR) is 117 cm³/mol. The second-order valence-electron chi connectivity index (χ2n) is 7.79. The van der Waals surface area contributed by atoms with E-state index in [0.717, 1.165) is 12.1 Å². The first kappa shape index (κ1) is 23.3. The Morgan fingerprint density at radius 2 is 1.91 bits per heavy atom. The molecule has 0 aliphatic carbocycles. The summed E-state index contributed by atoms with van der Waals surface area (Å²) in [5, 5.41) is 9.08. The zero-order chi connectivity index (χ0) is 23.6. The number of aromatic nitrogens is 3. The second kappa shape index (κ2) is 9.57. The molecule has 1 aliphatic rings. The predicted octanol–water partition coefficient (Wildman–Crippen LogP) is 3.92. The summed E-state index contributed by atoms with van der Waals surface area (Å²) in [6.07, 6.45) is -2.80.